The highest BCUT2D eigenvalue weighted by Gasteiger charge is 2.14. The maximum Gasteiger partial charge on any atom is 0.113 e. The highest BCUT2D eigenvalue weighted by atomic mass is 35.5. The lowest BCUT2D eigenvalue weighted by atomic mass is 10.2. The fraction of sp³-hybridized carbons (Fsp3) is 0.167. The number of benzene rings is 1. The van der Waals surface area contributed by atoms with Crippen molar-refractivity contribution >= 4 is 44.5 Å². The minimum atomic E-state index is -0.121. The molecule has 0 amide bonds. The molecule has 6 heteroatoms. The van der Waals surface area contributed by atoms with Gasteiger partial charge in [-0.05, 0) is 12.1 Å². The SMILES string of the molecule is NC(Cc1ncc(Cl)s1)c1nc2ccccc2s1. The lowest BCUT2D eigenvalue weighted by Crippen LogP contribution is -2.12. The van der Waals surface area contributed by atoms with Crippen molar-refractivity contribution in [2.45, 2.75) is 12.5 Å². The predicted octanol–water partition coefficient (Wildman–Crippen LogP) is 3.65. The fourth-order valence-corrected chi connectivity index (χ4v) is 3.69. The summed E-state index contributed by atoms with van der Waals surface area (Å²) >= 11 is 8.96. The van der Waals surface area contributed by atoms with E-state index < -0.39 is 0 Å². The topological polar surface area (TPSA) is 51.8 Å². The second-order valence-corrected chi connectivity index (χ2v) is 6.70. The average molecular weight is 296 g/mol. The second kappa shape index (κ2) is 4.93. The van der Waals surface area contributed by atoms with Crippen LogP contribution in [0.4, 0.5) is 0 Å². The van der Waals surface area contributed by atoms with E-state index in [9.17, 15) is 0 Å². The summed E-state index contributed by atoms with van der Waals surface area (Å²) in [6.45, 7) is 0. The summed E-state index contributed by atoms with van der Waals surface area (Å²) in [4.78, 5) is 8.77. The van der Waals surface area contributed by atoms with Gasteiger partial charge in [-0.2, -0.15) is 0 Å². The predicted molar refractivity (Wildman–Crippen MR) is 77.4 cm³/mol. The minimum Gasteiger partial charge on any atom is -0.322 e. The second-order valence-electron chi connectivity index (χ2n) is 3.89. The van der Waals surface area contributed by atoms with Crippen molar-refractivity contribution in [3.63, 3.8) is 0 Å². The number of para-hydroxylation sites is 1. The van der Waals surface area contributed by atoms with Crippen LogP contribution in [0.15, 0.2) is 30.5 Å². The molecule has 0 bridgehead atoms. The van der Waals surface area contributed by atoms with Gasteiger partial charge in [0.15, 0.2) is 0 Å². The van der Waals surface area contributed by atoms with Crippen LogP contribution >= 0.6 is 34.3 Å². The Morgan fingerprint density at radius 1 is 1.28 bits per heavy atom. The van der Waals surface area contributed by atoms with Gasteiger partial charge < -0.3 is 5.73 Å². The molecule has 18 heavy (non-hydrogen) atoms. The largest absolute Gasteiger partial charge is 0.322 e. The number of hydrogen-bond acceptors (Lipinski definition) is 5. The average Bonchev–Trinajstić information content (AvgIpc) is 2.95. The molecule has 0 saturated carbocycles. The molecule has 0 spiro atoms. The lowest BCUT2D eigenvalue weighted by molar-refractivity contribution is 0.713. The number of aromatic nitrogens is 2. The van der Waals surface area contributed by atoms with Crippen LogP contribution in [0.25, 0.3) is 10.2 Å². The quantitative estimate of drug-likeness (QED) is 0.802. The van der Waals surface area contributed by atoms with E-state index in [0.29, 0.717) is 10.8 Å². The first-order valence-corrected chi connectivity index (χ1v) is 7.45. The molecule has 0 aliphatic heterocycles. The molecule has 1 unspecified atom stereocenters. The third-order valence-corrected chi connectivity index (χ3v) is 4.85. The number of nitrogens with two attached hydrogens (primary N) is 1. The van der Waals surface area contributed by atoms with E-state index in [1.807, 2.05) is 18.2 Å². The van der Waals surface area contributed by atoms with Crippen molar-refractivity contribution in [1.82, 2.24) is 9.97 Å². The summed E-state index contributed by atoms with van der Waals surface area (Å²) in [5.41, 5.74) is 7.18. The molecular weight excluding hydrogens is 286 g/mol. The van der Waals surface area contributed by atoms with Crippen molar-refractivity contribution in [3.05, 3.63) is 44.8 Å². The number of hydrogen-bond donors (Lipinski definition) is 1. The van der Waals surface area contributed by atoms with Crippen molar-refractivity contribution < 1.29 is 0 Å². The van der Waals surface area contributed by atoms with E-state index in [0.717, 1.165) is 15.5 Å². The van der Waals surface area contributed by atoms with Crippen LogP contribution in [0.3, 0.4) is 0 Å². The van der Waals surface area contributed by atoms with Gasteiger partial charge in [0.25, 0.3) is 0 Å². The van der Waals surface area contributed by atoms with Crippen molar-refractivity contribution in [1.29, 1.82) is 0 Å². The number of fused-ring (bicyclic) bond motifs is 1. The Bertz CT molecular complexity index is 644. The Morgan fingerprint density at radius 2 is 2.11 bits per heavy atom. The summed E-state index contributed by atoms with van der Waals surface area (Å²) in [6, 6.07) is 7.93. The fourth-order valence-electron chi connectivity index (χ4n) is 1.71. The van der Waals surface area contributed by atoms with E-state index in [1.54, 1.807) is 17.5 Å². The van der Waals surface area contributed by atoms with Crippen LogP contribution in [0, 0.1) is 0 Å². The first-order chi connectivity index (χ1) is 8.72. The molecule has 2 N–H and O–H groups in total. The number of halogens is 1. The van der Waals surface area contributed by atoms with Gasteiger partial charge >= 0.3 is 0 Å². The minimum absolute atomic E-state index is 0.121. The molecule has 0 saturated heterocycles. The number of nitrogens with zero attached hydrogens (tertiary/aromatic N) is 2. The van der Waals surface area contributed by atoms with Gasteiger partial charge in [-0.25, -0.2) is 9.97 Å². The lowest BCUT2D eigenvalue weighted by Gasteiger charge is -2.04. The molecule has 92 valence electrons. The van der Waals surface area contributed by atoms with E-state index >= 15 is 0 Å². The van der Waals surface area contributed by atoms with Crippen molar-refractivity contribution in [2.75, 3.05) is 0 Å². The Labute approximate surface area is 117 Å². The van der Waals surface area contributed by atoms with Crippen LogP contribution in [0.1, 0.15) is 16.1 Å². The standard InChI is InChI=1S/C12H10ClN3S2/c13-10-6-15-11(18-10)5-7(14)12-16-8-3-1-2-4-9(8)17-12/h1-4,6-7H,5,14H2. The van der Waals surface area contributed by atoms with Gasteiger partial charge in [-0.1, -0.05) is 23.7 Å². The molecule has 2 heterocycles. The first kappa shape index (κ1) is 12.0. The summed E-state index contributed by atoms with van der Waals surface area (Å²) in [5.74, 6) is 0. The Hall–Kier alpha value is -1.01. The third-order valence-electron chi connectivity index (χ3n) is 2.55. The smallest absolute Gasteiger partial charge is 0.113 e. The molecule has 2 aromatic heterocycles. The summed E-state index contributed by atoms with van der Waals surface area (Å²) in [6.07, 6.45) is 2.34. The molecular formula is C12H10ClN3S2. The number of rotatable bonds is 3. The molecule has 3 nitrogen and oxygen atoms in total. The normalized spacial score (nSPS) is 13.0. The van der Waals surface area contributed by atoms with Gasteiger partial charge in [0, 0.05) is 6.42 Å². The zero-order valence-electron chi connectivity index (χ0n) is 9.34. The monoisotopic (exact) mass is 295 g/mol. The van der Waals surface area contributed by atoms with Crippen LogP contribution in [0.5, 0.6) is 0 Å². The molecule has 1 atom stereocenters. The zero-order chi connectivity index (χ0) is 12.5. The Morgan fingerprint density at radius 3 is 2.83 bits per heavy atom. The van der Waals surface area contributed by atoms with Crippen LogP contribution in [-0.4, -0.2) is 9.97 Å². The molecule has 1 aromatic carbocycles. The number of thiazole rings is 2. The molecule has 0 fully saturated rings. The van der Waals surface area contributed by atoms with Crippen LogP contribution in [0.2, 0.25) is 4.34 Å². The van der Waals surface area contributed by atoms with Gasteiger partial charge in [0.2, 0.25) is 0 Å². The van der Waals surface area contributed by atoms with E-state index in [4.69, 9.17) is 17.3 Å². The van der Waals surface area contributed by atoms with E-state index in [-0.39, 0.29) is 6.04 Å². The van der Waals surface area contributed by atoms with Crippen LogP contribution in [-0.2, 0) is 6.42 Å². The molecule has 3 rings (SSSR count). The molecule has 0 aliphatic rings. The van der Waals surface area contributed by atoms with Crippen LogP contribution < -0.4 is 5.73 Å². The van der Waals surface area contributed by atoms with Gasteiger partial charge in [-0.15, -0.1) is 22.7 Å². The zero-order valence-corrected chi connectivity index (χ0v) is 11.7. The first-order valence-electron chi connectivity index (χ1n) is 5.43. The molecule has 0 aliphatic carbocycles. The van der Waals surface area contributed by atoms with Gasteiger partial charge in [0.1, 0.15) is 9.34 Å². The summed E-state index contributed by atoms with van der Waals surface area (Å²) in [5, 5.41) is 1.90. The highest BCUT2D eigenvalue weighted by Crippen LogP contribution is 2.28. The van der Waals surface area contributed by atoms with Gasteiger partial charge in [-0.3, -0.25) is 0 Å². The van der Waals surface area contributed by atoms with Crippen molar-refractivity contribution in [2.24, 2.45) is 5.73 Å². The van der Waals surface area contributed by atoms with E-state index in [2.05, 4.69) is 16.0 Å². The summed E-state index contributed by atoms with van der Waals surface area (Å²) in [7, 11) is 0. The molecule has 0 radical (unpaired) electrons. The highest BCUT2D eigenvalue weighted by molar-refractivity contribution is 7.18. The Kier molecular flexibility index (Phi) is 3.30. The maximum atomic E-state index is 6.17. The van der Waals surface area contributed by atoms with Crippen molar-refractivity contribution in [3.8, 4) is 0 Å². The summed E-state index contributed by atoms with van der Waals surface area (Å²) < 4.78 is 1.86. The van der Waals surface area contributed by atoms with E-state index in [1.165, 1.54) is 16.0 Å². The maximum absolute atomic E-state index is 6.17. The Balaban J connectivity index is 1.85. The molecule has 3 aromatic rings. The third kappa shape index (κ3) is 2.40. The van der Waals surface area contributed by atoms with Gasteiger partial charge in [0.05, 0.1) is 27.5 Å².